The molecule has 158 valence electrons. The van der Waals surface area contributed by atoms with Gasteiger partial charge < -0.3 is 9.47 Å². The van der Waals surface area contributed by atoms with Crippen molar-refractivity contribution in [3.63, 3.8) is 0 Å². The molecule has 1 aromatic carbocycles. The van der Waals surface area contributed by atoms with Crippen LogP contribution in [0.4, 0.5) is 0 Å². The summed E-state index contributed by atoms with van der Waals surface area (Å²) in [5.41, 5.74) is 1.61. The van der Waals surface area contributed by atoms with Gasteiger partial charge in [-0.3, -0.25) is 14.2 Å². The van der Waals surface area contributed by atoms with Crippen LogP contribution in [0.5, 0.6) is 0 Å². The first-order chi connectivity index (χ1) is 14.4. The van der Waals surface area contributed by atoms with Crippen LogP contribution in [0.2, 0.25) is 0 Å². The fourth-order valence-electron chi connectivity index (χ4n) is 3.51. The van der Waals surface area contributed by atoms with Crippen LogP contribution >= 0.6 is 23.1 Å². The Morgan fingerprint density at radius 2 is 2.10 bits per heavy atom. The Morgan fingerprint density at radius 3 is 2.83 bits per heavy atom. The maximum Gasteiger partial charge on any atom is 0.326 e. The van der Waals surface area contributed by atoms with Gasteiger partial charge in [0.2, 0.25) is 0 Å². The summed E-state index contributed by atoms with van der Waals surface area (Å²) in [6, 6.07) is 9.99. The summed E-state index contributed by atoms with van der Waals surface area (Å²) in [4.78, 5) is 32.3. The van der Waals surface area contributed by atoms with E-state index >= 15 is 0 Å². The molecular weight excluding hydrogens is 420 g/mol. The predicted octanol–water partition coefficient (Wildman–Crippen LogP) is 4.16. The Kier molecular flexibility index (Phi) is 5.99. The molecule has 3 heterocycles. The molecule has 0 spiro atoms. The molecule has 0 aliphatic carbocycles. The van der Waals surface area contributed by atoms with Crippen molar-refractivity contribution in [1.29, 1.82) is 0 Å². The van der Waals surface area contributed by atoms with Gasteiger partial charge >= 0.3 is 5.97 Å². The van der Waals surface area contributed by atoms with E-state index in [0.29, 0.717) is 34.2 Å². The van der Waals surface area contributed by atoms with Gasteiger partial charge in [-0.15, -0.1) is 11.3 Å². The molecule has 30 heavy (non-hydrogen) atoms. The zero-order valence-electron chi connectivity index (χ0n) is 17.3. The quantitative estimate of drug-likeness (QED) is 0.323. The number of aromatic nitrogens is 2. The lowest BCUT2D eigenvalue weighted by Crippen LogP contribution is -2.33. The highest BCUT2D eigenvalue weighted by atomic mass is 32.2. The number of ether oxygens (including phenoxy) is 2. The van der Waals surface area contributed by atoms with Gasteiger partial charge in [-0.1, -0.05) is 42.1 Å². The maximum absolute atomic E-state index is 13.5. The van der Waals surface area contributed by atoms with Crippen LogP contribution in [0, 0.1) is 0 Å². The third-order valence-corrected chi connectivity index (χ3v) is 7.11. The predicted molar refractivity (Wildman–Crippen MR) is 119 cm³/mol. The Hall–Kier alpha value is -2.16. The molecule has 3 aromatic rings. The minimum absolute atomic E-state index is 0.142. The lowest BCUT2D eigenvalue weighted by Gasteiger charge is -2.29. The number of rotatable bonds is 6. The second kappa shape index (κ2) is 8.53. The Balaban J connectivity index is 1.79. The van der Waals surface area contributed by atoms with Crippen molar-refractivity contribution < 1.29 is 14.3 Å². The fraction of sp³-hybridized carbons (Fsp3) is 0.409. The van der Waals surface area contributed by atoms with Crippen LogP contribution in [-0.2, 0) is 39.6 Å². The number of hydrogen-bond acceptors (Lipinski definition) is 7. The summed E-state index contributed by atoms with van der Waals surface area (Å²) in [5, 5.41) is 1.14. The lowest BCUT2D eigenvalue weighted by atomic mass is 9.94. The van der Waals surface area contributed by atoms with E-state index in [1.807, 2.05) is 44.2 Å². The van der Waals surface area contributed by atoms with Crippen molar-refractivity contribution in [3.05, 3.63) is 56.7 Å². The van der Waals surface area contributed by atoms with Crippen LogP contribution in [0.3, 0.4) is 0 Å². The first-order valence-electron chi connectivity index (χ1n) is 9.89. The third-order valence-electron chi connectivity index (χ3n) is 4.96. The highest BCUT2D eigenvalue weighted by Gasteiger charge is 2.31. The molecular formula is C22H24N2O4S2. The van der Waals surface area contributed by atoms with Crippen molar-refractivity contribution in [1.82, 2.24) is 9.55 Å². The average Bonchev–Trinajstić information content (AvgIpc) is 3.06. The average molecular weight is 445 g/mol. The van der Waals surface area contributed by atoms with Crippen molar-refractivity contribution in [2.75, 3.05) is 6.61 Å². The highest BCUT2D eigenvalue weighted by Crippen LogP contribution is 2.37. The largest absolute Gasteiger partial charge is 0.465 e. The van der Waals surface area contributed by atoms with Crippen molar-refractivity contribution in [3.8, 4) is 0 Å². The van der Waals surface area contributed by atoms with E-state index in [1.54, 1.807) is 6.92 Å². The summed E-state index contributed by atoms with van der Waals surface area (Å²) in [5.74, 6) is 0.220. The molecule has 8 heteroatoms. The van der Waals surface area contributed by atoms with Crippen LogP contribution in [-0.4, -0.2) is 27.7 Å². The Morgan fingerprint density at radius 1 is 1.33 bits per heavy atom. The zero-order chi connectivity index (χ0) is 21.3. The van der Waals surface area contributed by atoms with E-state index in [0.717, 1.165) is 16.0 Å². The van der Waals surface area contributed by atoms with Crippen molar-refractivity contribution in [2.45, 2.75) is 56.9 Å². The molecule has 0 unspecified atom stereocenters. The SMILES string of the molecule is CCOC(=O)Cn1c(SCc2ccccc2)nc2sc3c(c2c1=O)CC(C)(C)OC3. The van der Waals surface area contributed by atoms with E-state index in [-0.39, 0.29) is 24.3 Å². The van der Waals surface area contributed by atoms with Crippen molar-refractivity contribution >= 4 is 39.3 Å². The van der Waals surface area contributed by atoms with Crippen molar-refractivity contribution in [2.24, 2.45) is 0 Å². The molecule has 0 atom stereocenters. The Bertz CT molecular complexity index is 1140. The molecule has 6 nitrogen and oxygen atoms in total. The minimum Gasteiger partial charge on any atom is -0.465 e. The standard InChI is InChI=1S/C22H24N2O4S2/c1-4-27-17(25)11-24-20(26)18-15-10-22(2,3)28-12-16(15)30-19(18)23-21(24)29-13-14-8-6-5-7-9-14/h5-9H,4,10-13H2,1-3H3. The van der Waals surface area contributed by atoms with Gasteiger partial charge in [0.1, 0.15) is 11.4 Å². The zero-order valence-corrected chi connectivity index (χ0v) is 18.9. The number of thiophene rings is 1. The molecule has 1 aliphatic rings. The maximum atomic E-state index is 13.5. The molecule has 0 fully saturated rings. The first-order valence-corrected chi connectivity index (χ1v) is 11.7. The van der Waals surface area contributed by atoms with E-state index < -0.39 is 5.97 Å². The molecule has 0 saturated carbocycles. The summed E-state index contributed by atoms with van der Waals surface area (Å²) in [7, 11) is 0. The Labute approximate surface area is 183 Å². The van der Waals surface area contributed by atoms with Gasteiger partial charge in [-0.25, -0.2) is 4.98 Å². The number of esters is 1. The smallest absolute Gasteiger partial charge is 0.326 e. The number of benzene rings is 1. The summed E-state index contributed by atoms with van der Waals surface area (Å²) in [6.07, 6.45) is 0.648. The lowest BCUT2D eigenvalue weighted by molar-refractivity contribution is -0.144. The molecule has 4 rings (SSSR count). The second-order valence-corrected chi connectivity index (χ2v) is 9.80. The summed E-state index contributed by atoms with van der Waals surface area (Å²) >= 11 is 2.96. The third kappa shape index (κ3) is 4.31. The minimum atomic E-state index is -0.435. The van der Waals surface area contributed by atoms with Gasteiger partial charge in [-0.2, -0.15) is 0 Å². The normalized spacial score (nSPS) is 15.2. The van der Waals surface area contributed by atoms with Gasteiger partial charge in [0, 0.05) is 17.1 Å². The molecule has 0 saturated heterocycles. The van der Waals surface area contributed by atoms with Gasteiger partial charge in [0.15, 0.2) is 5.16 Å². The number of carbonyl (C=O) groups excluding carboxylic acids is 1. The molecule has 1 aliphatic heterocycles. The summed E-state index contributed by atoms with van der Waals surface area (Å²) in [6.45, 7) is 6.41. The van der Waals surface area contributed by atoms with E-state index in [4.69, 9.17) is 14.5 Å². The second-order valence-electron chi connectivity index (χ2n) is 7.77. The molecule has 0 radical (unpaired) electrons. The van der Waals surface area contributed by atoms with E-state index in [2.05, 4.69) is 0 Å². The van der Waals surface area contributed by atoms with Gasteiger partial charge in [0.05, 0.1) is 24.2 Å². The van der Waals surface area contributed by atoms with Crippen LogP contribution in [0.25, 0.3) is 10.2 Å². The monoisotopic (exact) mass is 444 g/mol. The highest BCUT2D eigenvalue weighted by molar-refractivity contribution is 7.98. The number of nitrogens with zero attached hydrogens (tertiary/aromatic N) is 2. The summed E-state index contributed by atoms with van der Waals surface area (Å²) < 4.78 is 12.5. The number of thioether (sulfide) groups is 1. The molecule has 0 bridgehead atoms. The van der Waals surface area contributed by atoms with E-state index in [9.17, 15) is 9.59 Å². The number of carbonyl (C=O) groups is 1. The van der Waals surface area contributed by atoms with Crippen LogP contribution in [0.15, 0.2) is 40.3 Å². The first kappa shape index (κ1) is 21.1. The van der Waals surface area contributed by atoms with Gasteiger partial charge in [0.25, 0.3) is 5.56 Å². The molecule has 0 amide bonds. The number of hydrogen-bond donors (Lipinski definition) is 0. The van der Waals surface area contributed by atoms with Crippen LogP contribution in [0.1, 0.15) is 36.8 Å². The van der Waals surface area contributed by atoms with Crippen LogP contribution < -0.4 is 5.56 Å². The molecule has 2 aromatic heterocycles. The van der Waals surface area contributed by atoms with E-state index in [1.165, 1.54) is 27.7 Å². The fourth-order valence-corrected chi connectivity index (χ4v) is 5.61. The molecule has 0 N–H and O–H groups in total. The number of fused-ring (bicyclic) bond motifs is 3. The van der Waals surface area contributed by atoms with Gasteiger partial charge in [-0.05, 0) is 31.9 Å². The topological polar surface area (TPSA) is 70.4 Å².